The minimum absolute atomic E-state index is 0.0361. The number of fused-ring (bicyclic) bond motifs is 1. The van der Waals surface area contributed by atoms with Crippen LogP contribution in [0, 0.1) is 5.82 Å². The predicted molar refractivity (Wildman–Crippen MR) is 69.4 cm³/mol. The molecule has 3 aromatic rings. The van der Waals surface area contributed by atoms with E-state index < -0.39 is 11.6 Å². The summed E-state index contributed by atoms with van der Waals surface area (Å²) in [4.78, 5) is 0. The van der Waals surface area contributed by atoms with E-state index in [0.717, 1.165) is 6.07 Å². The van der Waals surface area contributed by atoms with Gasteiger partial charge in [0.25, 0.3) is 0 Å². The molecule has 0 unspecified atom stereocenters. The molecule has 0 bridgehead atoms. The molecule has 3 rings (SSSR count). The smallest absolute Gasteiger partial charge is 0.166 e. The van der Waals surface area contributed by atoms with E-state index in [0.29, 0.717) is 21.6 Å². The van der Waals surface area contributed by atoms with Gasteiger partial charge in [-0.05, 0) is 18.2 Å². The zero-order chi connectivity index (χ0) is 13.6. The van der Waals surface area contributed by atoms with Gasteiger partial charge in [0.2, 0.25) is 0 Å². The molecule has 1 heterocycles. The third-order valence-corrected chi connectivity index (χ3v) is 3.03. The molecule has 19 heavy (non-hydrogen) atoms. The average Bonchev–Trinajstić information content (AvgIpc) is 2.76. The van der Waals surface area contributed by atoms with Crippen LogP contribution in [0.5, 0.6) is 11.5 Å². The largest absolute Gasteiger partial charge is 0.508 e. The van der Waals surface area contributed by atoms with Gasteiger partial charge >= 0.3 is 0 Å². The number of aromatic nitrogens is 2. The number of phenols is 2. The van der Waals surface area contributed by atoms with Gasteiger partial charge in [-0.2, -0.15) is 5.10 Å². The summed E-state index contributed by atoms with van der Waals surface area (Å²) in [6.07, 6.45) is 1.62. The van der Waals surface area contributed by atoms with Crippen LogP contribution in [0.3, 0.4) is 0 Å². The molecule has 0 aliphatic heterocycles. The number of nitrogens with zero attached hydrogens (tertiary/aromatic N) is 2. The van der Waals surface area contributed by atoms with Gasteiger partial charge in [0.1, 0.15) is 11.3 Å². The van der Waals surface area contributed by atoms with E-state index in [2.05, 4.69) is 5.10 Å². The lowest BCUT2D eigenvalue weighted by atomic mass is 10.2. The Morgan fingerprint density at radius 2 is 1.95 bits per heavy atom. The summed E-state index contributed by atoms with van der Waals surface area (Å²) < 4.78 is 14.7. The van der Waals surface area contributed by atoms with E-state index in [-0.39, 0.29) is 5.75 Å². The van der Waals surface area contributed by atoms with Crippen LogP contribution in [-0.2, 0) is 0 Å². The summed E-state index contributed by atoms with van der Waals surface area (Å²) in [5.41, 5.74) is 0.954. The van der Waals surface area contributed by atoms with Gasteiger partial charge in [0.05, 0.1) is 10.7 Å². The highest BCUT2D eigenvalue weighted by atomic mass is 35.5. The quantitative estimate of drug-likeness (QED) is 0.718. The van der Waals surface area contributed by atoms with E-state index in [9.17, 15) is 9.50 Å². The van der Waals surface area contributed by atoms with Crippen LogP contribution >= 0.6 is 11.6 Å². The molecule has 2 aromatic carbocycles. The van der Waals surface area contributed by atoms with E-state index in [1.54, 1.807) is 6.20 Å². The van der Waals surface area contributed by atoms with Crippen molar-refractivity contribution in [2.24, 2.45) is 0 Å². The molecule has 1 aromatic heterocycles. The SMILES string of the molecule is Oc1cc(Cl)c2nn(-c3ccc(O)c(F)c3)cc2c1. The Balaban J connectivity index is 2.20. The second kappa shape index (κ2) is 4.13. The van der Waals surface area contributed by atoms with Crippen molar-refractivity contribution in [3.63, 3.8) is 0 Å². The fourth-order valence-electron chi connectivity index (χ4n) is 1.85. The molecule has 0 fully saturated rings. The molecule has 0 saturated heterocycles. The highest BCUT2D eigenvalue weighted by Gasteiger charge is 2.09. The first-order valence-electron chi connectivity index (χ1n) is 5.41. The highest BCUT2D eigenvalue weighted by Crippen LogP contribution is 2.28. The summed E-state index contributed by atoms with van der Waals surface area (Å²) >= 11 is 5.97. The Labute approximate surface area is 112 Å². The molecule has 0 atom stereocenters. The van der Waals surface area contributed by atoms with Crippen LogP contribution in [0.4, 0.5) is 4.39 Å². The Morgan fingerprint density at radius 3 is 2.68 bits per heavy atom. The Kier molecular flexibility index (Phi) is 2.57. The second-order valence-corrected chi connectivity index (χ2v) is 4.48. The normalized spacial score (nSPS) is 11.1. The first-order chi connectivity index (χ1) is 9.04. The fourth-order valence-corrected chi connectivity index (χ4v) is 2.11. The number of halogens is 2. The van der Waals surface area contributed by atoms with Gasteiger partial charge in [-0.25, -0.2) is 9.07 Å². The van der Waals surface area contributed by atoms with Crippen molar-refractivity contribution in [1.82, 2.24) is 9.78 Å². The van der Waals surface area contributed by atoms with Crippen LogP contribution in [0.15, 0.2) is 36.5 Å². The number of benzene rings is 2. The van der Waals surface area contributed by atoms with Gasteiger partial charge in [-0.15, -0.1) is 0 Å². The van der Waals surface area contributed by atoms with Gasteiger partial charge < -0.3 is 10.2 Å². The minimum Gasteiger partial charge on any atom is -0.508 e. The van der Waals surface area contributed by atoms with Crippen molar-refractivity contribution in [3.8, 4) is 17.2 Å². The van der Waals surface area contributed by atoms with Gasteiger partial charge in [-0.3, -0.25) is 0 Å². The topological polar surface area (TPSA) is 58.3 Å². The third-order valence-electron chi connectivity index (χ3n) is 2.74. The molecule has 96 valence electrons. The van der Waals surface area contributed by atoms with Crippen molar-refractivity contribution in [3.05, 3.63) is 47.4 Å². The first kappa shape index (κ1) is 11.8. The van der Waals surface area contributed by atoms with Crippen LogP contribution in [-0.4, -0.2) is 20.0 Å². The Hall–Kier alpha value is -2.27. The lowest BCUT2D eigenvalue weighted by molar-refractivity contribution is 0.432. The maximum absolute atomic E-state index is 13.3. The third kappa shape index (κ3) is 1.98. The van der Waals surface area contributed by atoms with Crippen LogP contribution in [0.1, 0.15) is 0 Å². The van der Waals surface area contributed by atoms with Gasteiger partial charge in [0, 0.05) is 23.7 Å². The first-order valence-corrected chi connectivity index (χ1v) is 5.79. The molecular weight excluding hydrogens is 271 g/mol. The number of hydrogen-bond donors (Lipinski definition) is 2. The summed E-state index contributed by atoms with van der Waals surface area (Å²) in [5.74, 6) is -1.11. The molecule has 2 N–H and O–H groups in total. The van der Waals surface area contributed by atoms with Gasteiger partial charge in [0.15, 0.2) is 11.6 Å². The number of aromatic hydroxyl groups is 2. The summed E-state index contributed by atoms with van der Waals surface area (Å²) in [6, 6.07) is 6.84. The number of hydrogen-bond acceptors (Lipinski definition) is 3. The lowest BCUT2D eigenvalue weighted by Crippen LogP contribution is -1.94. The van der Waals surface area contributed by atoms with Crippen LogP contribution < -0.4 is 0 Å². The minimum atomic E-state index is -0.731. The second-order valence-electron chi connectivity index (χ2n) is 4.07. The van der Waals surface area contributed by atoms with E-state index in [1.165, 1.54) is 28.9 Å². The average molecular weight is 279 g/mol. The number of phenolic OH excluding ortho intramolecular Hbond substituents is 2. The molecule has 0 amide bonds. The predicted octanol–water partition coefficient (Wildman–Crippen LogP) is 3.23. The molecule has 6 heteroatoms. The summed E-state index contributed by atoms with van der Waals surface area (Å²) in [7, 11) is 0. The molecule has 0 radical (unpaired) electrons. The monoisotopic (exact) mass is 278 g/mol. The maximum Gasteiger partial charge on any atom is 0.166 e. The van der Waals surface area contributed by atoms with Crippen molar-refractivity contribution in [2.75, 3.05) is 0 Å². The van der Waals surface area contributed by atoms with Crippen molar-refractivity contribution < 1.29 is 14.6 Å². The zero-order valence-corrected chi connectivity index (χ0v) is 10.3. The Morgan fingerprint density at radius 1 is 1.16 bits per heavy atom. The molecule has 0 aliphatic carbocycles. The van der Waals surface area contributed by atoms with Crippen LogP contribution in [0.25, 0.3) is 16.6 Å². The maximum atomic E-state index is 13.3. The molecule has 0 saturated carbocycles. The molecule has 0 aliphatic rings. The fraction of sp³-hybridized carbons (Fsp3) is 0. The van der Waals surface area contributed by atoms with Crippen molar-refractivity contribution in [2.45, 2.75) is 0 Å². The van der Waals surface area contributed by atoms with Crippen molar-refractivity contribution >= 4 is 22.5 Å². The van der Waals surface area contributed by atoms with Crippen LogP contribution in [0.2, 0.25) is 5.02 Å². The summed E-state index contributed by atoms with van der Waals surface area (Å²) in [6.45, 7) is 0. The van der Waals surface area contributed by atoms with Crippen molar-refractivity contribution in [1.29, 1.82) is 0 Å². The molecule has 0 spiro atoms. The Bertz CT molecular complexity index is 786. The number of rotatable bonds is 1. The van der Waals surface area contributed by atoms with E-state index >= 15 is 0 Å². The highest BCUT2D eigenvalue weighted by molar-refractivity contribution is 6.35. The zero-order valence-electron chi connectivity index (χ0n) is 9.51. The molecular formula is C13H8ClFN2O2. The standard InChI is InChI=1S/C13H8ClFN2O2/c14-10-5-9(18)3-7-6-17(16-13(7)10)8-1-2-12(19)11(15)4-8/h1-6,18-19H. The molecule has 4 nitrogen and oxygen atoms in total. The van der Waals surface area contributed by atoms with Gasteiger partial charge in [-0.1, -0.05) is 11.6 Å². The van der Waals surface area contributed by atoms with E-state index in [1.807, 2.05) is 0 Å². The summed E-state index contributed by atoms with van der Waals surface area (Å²) in [5, 5.41) is 23.8. The lowest BCUT2D eigenvalue weighted by Gasteiger charge is -2.01. The van der Waals surface area contributed by atoms with E-state index in [4.69, 9.17) is 16.7 Å².